The number of benzene rings is 1. The molecular formula is C18H20N2O3S. The number of aliphatic carboxylic acids is 1. The van der Waals surface area contributed by atoms with E-state index in [0.29, 0.717) is 25.1 Å². The minimum absolute atomic E-state index is 0.164. The summed E-state index contributed by atoms with van der Waals surface area (Å²) in [7, 11) is 0. The van der Waals surface area contributed by atoms with Crippen LogP contribution in [0.2, 0.25) is 0 Å². The van der Waals surface area contributed by atoms with Gasteiger partial charge in [0.15, 0.2) is 0 Å². The summed E-state index contributed by atoms with van der Waals surface area (Å²) in [5.41, 5.74) is 1.58. The van der Waals surface area contributed by atoms with Crippen molar-refractivity contribution >= 4 is 23.2 Å². The molecule has 24 heavy (non-hydrogen) atoms. The molecule has 2 atom stereocenters. The van der Waals surface area contributed by atoms with Crippen molar-refractivity contribution < 1.29 is 14.7 Å². The molecule has 5 nitrogen and oxygen atoms in total. The van der Waals surface area contributed by atoms with Crippen LogP contribution in [0.1, 0.15) is 34.4 Å². The molecule has 0 bridgehead atoms. The van der Waals surface area contributed by atoms with Gasteiger partial charge in [-0.1, -0.05) is 37.3 Å². The second-order valence-electron chi connectivity index (χ2n) is 6.38. The van der Waals surface area contributed by atoms with Crippen molar-refractivity contribution in [1.29, 1.82) is 0 Å². The van der Waals surface area contributed by atoms with Crippen LogP contribution >= 0.6 is 11.3 Å². The maximum atomic E-state index is 12.7. The lowest BCUT2D eigenvalue weighted by atomic mass is 9.90. The van der Waals surface area contributed by atoms with Crippen molar-refractivity contribution in [2.75, 3.05) is 13.1 Å². The lowest BCUT2D eigenvalue weighted by Crippen LogP contribution is -2.45. The van der Waals surface area contributed by atoms with Gasteiger partial charge < -0.3 is 10.0 Å². The summed E-state index contributed by atoms with van der Waals surface area (Å²) in [6.07, 6.45) is 1.32. The maximum Gasteiger partial charge on any atom is 0.308 e. The van der Waals surface area contributed by atoms with Crippen molar-refractivity contribution in [2.45, 2.75) is 19.8 Å². The topological polar surface area (TPSA) is 70.5 Å². The van der Waals surface area contributed by atoms with Crippen molar-refractivity contribution in [3.05, 3.63) is 52.0 Å². The SMILES string of the molecule is CC1CC(C(=O)O)CN(C(=O)c2csc(Cc3ccccc3)n2)C1. The van der Waals surface area contributed by atoms with E-state index in [1.54, 1.807) is 10.3 Å². The Morgan fingerprint density at radius 3 is 2.75 bits per heavy atom. The zero-order valence-electron chi connectivity index (χ0n) is 13.5. The minimum atomic E-state index is -0.831. The third kappa shape index (κ3) is 3.82. The van der Waals surface area contributed by atoms with E-state index in [0.717, 1.165) is 10.6 Å². The van der Waals surface area contributed by atoms with Gasteiger partial charge in [-0.25, -0.2) is 4.98 Å². The van der Waals surface area contributed by atoms with E-state index >= 15 is 0 Å². The van der Waals surface area contributed by atoms with E-state index in [1.807, 2.05) is 37.3 Å². The molecule has 1 aliphatic rings. The van der Waals surface area contributed by atoms with E-state index in [2.05, 4.69) is 4.98 Å². The van der Waals surface area contributed by atoms with Crippen molar-refractivity contribution in [3.8, 4) is 0 Å². The summed E-state index contributed by atoms with van der Waals surface area (Å²) in [6, 6.07) is 10.0. The first-order valence-corrected chi connectivity index (χ1v) is 8.91. The Bertz CT molecular complexity index is 729. The molecule has 2 unspecified atom stereocenters. The summed E-state index contributed by atoms with van der Waals surface area (Å²) in [5, 5.41) is 11.9. The molecule has 3 rings (SSSR count). The van der Waals surface area contributed by atoms with Crippen LogP contribution in [0.4, 0.5) is 0 Å². The van der Waals surface area contributed by atoms with E-state index in [-0.39, 0.29) is 18.4 Å². The van der Waals surface area contributed by atoms with E-state index in [4.69, 9.17) is 0 Å². The number of rotatable bonds is 4. The predicted octanol–water partition coefficient (Wildman–Crippen LogP) is 2.92. The predicted molar refractivity (Wildman–Crippen MR) is 92.2 cm³/mol. The largest absolute Gasteiger partial charge is 0.481 e. The summed E-state index contributed by atoms with van der Waals surface area (Å²) >= 11 is 1.47. The highest BCUT2D eigenvalue weighted by molar-refractivity contribution is 7.09. The molecule has 1 aromatic carbocycles. The molecule has 6 heteroatoms. The third-order valence-electron chi connectivity index (χ3n) is 4.27. The van der Waals surface area contributed by atoms with Gasteiger partial charge in [-0.2, -0.15) is 0 Å². The number of hydrogen-bond donors (Lipinski definition) is 1. The third-order valence-corrected chi connectivity index (χ3v) is 5.11. The molecule has 1 saturated heterocycles. The fraction of sp³-hybridized carbons (Fsp3) is 0.389. The number of hydrogen-bond acceptors (Lipinski definition) is 4. The lowest BCUT2D eigenvalue weighted by Gasteiger charge is -2.34. The molecule has 0 radical (unpaired) electrons. The summed E-state index contributed by atoms with van der Waals surface area (Å²) in [6.45, 7) is 2.84. The van der Waals surface area contributed by atoms with Crippen LogP contribution in [0.3, 0.4) is 0 Å². The van der Waals surface area contributed by atoms with Crippen LogP contribution in [-0.4, -0.2) is 40.0 Å². The van der Waals surface area contributed by atoms with E-state index in [1.165, 1.54) is 11.3 Å². The second-order valence-corrected chi connectivity index (χ2v) is 7.32. The Balaban J connectivity index is 1.70. The molecule has 126 valence electrons. The number of carboxylic acid groups (broad SMARTS) is 1. The second kappa shape index (κ2) is 7.13. The van der Waals surface area contributed by atoms with Crippen LogP contribution in [0.5, 0.6) is 0 Å². The molecule has 0 aliphatic carbocycles. The quantitative estimate of drug-likeness (QED) is 0.926. The number of thiazole rings is 1. The number of nitrogens with zero attached hydrogens (tertiary/aromatic N) is 2. The van der Waals surface area contributed by atoms with Gasteiger partial charge in [-0.3, -0.25) is 9.59 Å². The number of carboxylic acids is 1. The Morgan fingerprint density at radius 1 is 1.29 bits per heavy atom. The molecular weight excluding hydrogens is 324 g/mol. The van der Waals surface area contributed by atoms with Crippen molar-refractivity contribution in [1.82, 2.24) is 9.88 Å². The first kappa shape index (κ1) is 16.6. The standard InChI is InChI=1S/C18H20N2O3S/c1-12-7-14(18(22)23)10-20(9-12)17(21)15-11-24-16(19-15)8-13-5-3-2-4-6-13/h2-6,11-12,14H,7-10H2,1H3,(H,22,23). The van der Waals surface area contributed by atoms with Gasteiger partial charge in [0.05, 0.1) is 10.9 Å². The monoisotopic (exact) mass is 344 g/mol. The molecule has 1 N–H and O–H groups in total. The van der Waals surface area contributed by atoms with Gasteiger partial charge in [-0.15, -0.1) is 11.3 Å². The Hall–Kier alpha value is -2.21. The molecule has 1 aromatic heterocycles. The molecule has 1 amide bonds. The number of likely N-dealkylation sites (tertiary alicyclic amines) is 1. The number of carbonyl (C=O) groups is 2. The summed E-state index contributed by atoms with van der Waals surface area (Å²) in [5.74, 6) is -1.29. The average molecular weight is 344 g/mol. The molecule has 0 spiro atoms. The Kier molecular flexibility index (Phi) is 4.94. The maximum absolute atomic E-state index is 12.7. The Labute approximate surface area is 145 Å². The van der Waals surface area contributed by atoms with Gasteiger partial charge in [-0.05, 0) is 17.9 Å². The highest BCUT2D eigenvalue weighted by Crippen LogP contribution is 2.24. The van der Waals surface area contributed by atoms with Gasteiger partial charge in [0, 0.05) is 24.9 Å². The van der Waals surface area contributed by atoms with Crippen LogP contribution in [0, 0.1) is 11.8 Å². The fourth-order valence-electron chi connectivity index (χ4n) is 3.12. The summed E-state index contributed by atoms with van der Waals surface area (Å²) in [4.78, 5) is 30.0. The number of amides is 1. The molecule has 2 heterocycles. The van der Waals surface area contributed by atoms with Gasteiger partial charge >= 0.3 is 5.97 Å². The minimum Gasteiger partial charge on any atom is -0.481 e. The average Bonchev–Trinajstić information content (AvgIpc) is 3.03. The van der Waals surface area contributed by atoms with Crippen LogP contribution < -0.4 is 0 Å². The molecule has 0 saturated carbocycles. The van der Waals surface area contributed by atoms with Crippen LogP contribution in [-0.2, 0) is 11.2 Å². The van der Waals surface area contributed by atoms with E-state index < -0.39 is 11.9 Å². The number of carbonyl (C=O) groups excluding carboxylic acids is 1. The van der Waals surface area contributed by atoms with Crippen LogP contribution in [0.15, 0.2) is 35.7 Å². The molecule has 1 aliphatic heterocycles. The highest BCUT2D eigenvalue weighted by Gasteiger charge is 2.32. The molecule has 2 aromatic rings. The normalized spacial score (nSPS) is 20.8. The van der Waals surface area contributed by atoms with Gasteiger partial charge in [0.1, 0.15) is 5.69 Å². The molecule has 1 fully saturated rings. The first-order chi connectivity index (χ1) is 11.5. The van der Waals surface area contributed by atoms with Crippen molar-refractivity contribution in [3.63, 3.8) is 0 Å². The lowest BCUT2D eigenvalue weighted by molar-refractivity contribution is -0.143. The van der Waals surface area contributed by atoms with Crippen molar-refractivity contribution in [2.24, 2.45) is 11.8 Å². The van der Waals surface area contributed by atoms with E-state index in [9.17, 15) is 14.7 Å². The zero-order chi connectivity index (χ0) is 17.1. The summed E-state index contributed by atoms with van der Waals surface area (Å²) < 4.78 is 0. The first-order valence-electron chi connectivity index (χ1n) is 8.03. The smallest absolute Gasteiger partial charge is 0.308 e. The van der Waals surface area contributed by atoms with Gasteiger partial charge in [0.2, 0.25) is 0 Å². The Morgan fingerprint density at radius 2 is 2.04 bits per heavy atom. The van der Waals surface area contributed by atoms with Crippen LogP contribution in [0.25, 0.3) is 0 Å². The highest BCUT2D eigenvalue weighted by atomic mass is 32.1. The fourth-order valence-corrected chi connectivity index (χ4v) is 3.92. The number of aromatic nitrogens is 1. The zero-order valence-corrected chi connectivity index (χ0v) is 14.3. The number of piperidine rings is 1. The van der Waals surface area contributed by atoms with Gasteiger partial charge in [0.25, 0.3) is 5.91 Å².